The van der Waals surface area contributed by atoms with E-state index in [9.17, 15) is 5.11 Å². The maximum Gasteiger partial charge on any atom is 0.231 e. The second-order valence-corrected chi connectivity index (χ2v) is 8.65. The second kappa shape index (κ2) is 11.0. The highest BCUT2D eigenvalue weighted by atomic mass is 16.7. The smallest absolute Gasteiger partial charge is 0.231 e. The molecular formula is C26H34O5. The summed E-state index contributed by atoms with van der Waals surface area (Å²) in [6.07, 6.45) is 6.91. The van der Waals surface area contributed by atoms with Crippen LogP contribution in [0.4, 0.5) is 0 Å². The quantitative estimate of drug-likeness (QED) is 0.498. The average Bonchev–Trinajstić information content (AvgIpc) is 3.36. The Balaban J connectivity index is 1.12. The van der Waals surface area contributed by atoms with Crippen molar-refractivity contribution in [3.8, 4) is 11.5 Å². The zero-order chi connectivity index (χ0) is 21.5. The van der Waals surface area contributed by atoms with E-state index < -0.39 is 6.10 Å². The van der Waals surface area contributed by atoms with Crippen LogP contribution in [0.15, 0.2) is 48.5 Å². The van der Waals surface area contributed by atoms with Crippen LogP contribution in [0.5, 0.6) is 11.5 Å². The lowest BCUT2D eigenvalue weighted by Crippen LogP contribution is -2.27. The molecule has 5 heteroatoms. The molecule has 2 aliphatic rings. The molecule has 168 valence electrons. The third-order valence-electron chi connectivity index (χ3n) is 6.31. The van der Waals surface area contributed by atoms with Crippen LogP contribution in [-0.4, -0.2) is 30.4 Å². The molecule has 0 bridgehead atoms. The number of aliphatic hydroxyl groups is 1. The summed E-state index contributed by atoms with van der Waals surface area (Å²) in [6.45, 7) is 2.78. The molecule has 1 N–H and O–H groups in total. The van der Waals surface area contributed by atoms with E-state index in [1.807, 2.05) is 43.3 Å². The molecular weight excluding hydrogens is 392 g/mol. The summed E-state index contributed by atoms with van der Waals surface area (Å²) in [5.74, 6) is 1.77. The maximum absolute atomic E-state index is 10.5. The van der Waals surface area contributed by atoms with Crippen molar-refractivity contribution in [1.29, 1.82) is 0 Å². The Morgan fingerprint density at radius 3 is 2.55 bits per heavy atom. The van der Waals surface area contributed by atoms with Gasteiger partial charge >= 0.3 is 0 Å². The molecule has 5 nitrogen and oxygen atoms in total. The van der Waals surface area contributed by atoms with Crippen molar-refractivity contribution < 1.29 is 24.1 Å². The molecule has 2 aromatic rings. The first-order valence-electron chi connectivity index (χ1n) is 11.6. The van der Waals surface area contributed by atoms with Crippen LogP contribution in [0.1, 0.15) is 56.6 Å². The molecule has 1 saturated heterocycles. The molecule has 2 heterocycles. The van der Waals surface area contributed by atoms with Crippen molar-refractivity contribution >= 4 is 0 Å². The van der Waals surface area contributed by atoms with Gasteiger partial charge in [0, 0.05) is 5.92 Å². The summed E-state index contributed by atoms with van der Waals surface area (Å²) in [6, 6.07) is 16.3. The van der Waals surface area contributed by atoms with Gasteiger partial charge in [0.25, 0.3) is 0 Å². The van der Waals surface area contributed by atoms with Gasteiger partial charge in [-0.05, 0) is 49.4 Å². The Morgan fingerprint density at radius 1 is 0.903 bits per heavy atom. The molecule has 4 rings (SSSR count). The number of aryl methyl sites for hydroxylation is 1. The summed E-state index contributed by atoms with van der Waals surface area (Å²) in [5.41, 5.74) is 2.43. The van der Waals surface area contributed by atoms with Crippen molar-refractivity contribution in [2.24, 2.45) is 5.92 Å². The van der Waals surface area contributed by atoms with Gasteiger partial charge in [0.1, 0.15) is 0 Å². The first-order chi connectivity index (χ1) is 15.2. The van der Waals surface area contributed by atoms with E-state index >= 15 is 0 Å². The molecule has 0 unspecified atom stereocenters. The zero-order valence-corrected chi connectivity index (χ0v) is 18.4. The number of benzene rings is 2. The van der Waals surface area contributed by atoms with Gasteiger partial charge in [-0.2, -0.15) is 0 Å². The lowest BCUT2D eigenvalue weighted by molar-refractivity contribution is -0.154. The maximum atomic E-state index is 10.5. The van der Waals surface area contributed by atoms with Crippen molar-refractivity contribution in [2.75, 3.05) is 6.79 Å². The second-order valence-electron chi connectivity index (χ2n) is 8.65. The van der Waals surface area contributed by atoms with E-state index in [1.54, 1.807) is 0 Å². The fourth-order valence-electron chi connectivity index (χ4n) is 4.46. The topological polar surface area (TPSA) is 57.2 Å². The molecule has 0 radical (unpaired) electrons. The molecule has 1 fully saturated rings. The Bertz CT molecular complexity index is 809. The summed E-state index contributed by atoms with van der Waals surface area (Å²) in [7, 11) is 0. The van der Waals surface area contributed by atoms with Crippen LogP contribution in [-0.2, 0) is 22.5 Å². The van der Waals surface area contributed by atoms with E-state index in [1.165, 1.54) is 31.2 Å². The van der Waals surface area contributed by atoms with Crippen molar-refractivity contribution in [2.45, 2.75) is 77.0 Å². The van der Waals surface area contributed by atoms with E-state index in [2.05, 4.69) is 12.1 Å². The highest BCUT2D eigenvalue weighted by Gasteiger charge is 2.41. The number of rotatable bonds is 11. The van der Waals surface area contributed by atoms with Crippen LogP contribution >= 0.6 is 0 Å². The van der Waals surface area contributed by atoms with E-state index in [0.717, 1.165) is 36.3 Å². The van der Waals surface area contributed by atoms with Crippen LogP contribution < -0.4 is 9.47 Å². The predicted octanol–water partition coefficient (Wildman–Crippen LogP) is 5.24. The molecule has 0 aliphatic carbocycles. The normalized spacial score (nSPS) is 24.6. The molecule has 0 saturated carbocycles. The summed E-state index contributed by atoms with van der Waals surface area (Å²) < 4.78 is 22.7. The number of ether oxygens (including phenoxy) is 4. The fourth-order valence-corrected chi connectivity index (χ4v) is 4.46. The summed E-state index contributed by atoms with van der Waals surface area (Å²) >= 11 is 0. The fraction of sp³-hybridized carbons (Fsp3) is 0.538. The molecule has 2 aromatic carbocycles. The highest BCUT2D eigenvalue weighted by molar-refractivity contribution is 5.44. The van der Waals surface area contributed by atoms with Gasteiger partial charge in [0.2, 0.25) is 6.79 Å². The predicted molar refractivity (Wildman–Crippen MR) is 119 cm³/mol. The lowest BCUT2D eigenvalue weighted by atomic mass is 9.94. The van der Waals surface area contributed by atoms with E-state index in [-0.39, 0.29) is 18.3 Å². The largest absolute Gasteiger partial charge is 0.454 e. The van der Waals surface area contributed by atoms with Gasteiger partial charge in [0.15, 0.2) is 17.8 Å². The Hall–Kier alpha value is -2.08. The minimum atomic E-state index is -0.452. The van der Waals surface area contributed by atoms with Gasteiger partial charge in [-0.3, -0.25) is 0 Å². The number of aliphatic hydroxyl groups excluding tert-OH is 1. The van der Waals surface area contributed by atoms with Crippen LogP contribution in [0.2, 0.25) is 0 Å². The Kier molecular flexibility index (Phi) is 7.84. The van der Waals surface area contributed by atoms with Gasteiger partial charge in [-0.1, -0.05) is 62.1 Å². The van der Waals surface area contributed by atoms with Crippen molar-refractivity contribution in [3.05, 3.63) is 59.7 Å². The Labute approximate surface area is 185 Å². The summed E-state index contributed by atoms with van der Waals surface area (Å²) in [5, 5.41) is 10.5. The lowest BCUT2D eigenvalue weighted by Gasteiger charge is -2.20. The molecule has 0 aromatic heterocycles. The van der Waals surface area contributed by atoms with Crippen LogP contribution in [0.25, 0.3) is 0 Å². The van der Waals surface area contributed by atoms with Gasteiger partial charge in [0.05, 0.1) is 18.8 Å². The van der Waals surface area contributed by atoms with Gasteiger partial charge < -0.3 is 24.1 Å². The van der Waals surface area contributed by atoms with E-state index in [0.29, 0.717) is 13.4 Å². The molecule has 4 atom stereocenters. The van der Waals surface area contributed by atoms with Gasteiger partial charge in [-0.25, -0.2) is 0 Å². The van der Waals surface area contributed by atoms with Gasteiger partial charge in [-0.15, -0.1) is 0 Å². The molecule has 0 amide bonds. The highest BCUT2D eigenvalue weighted by Crippen LogP contribution is 2.34. The minimum Gasteiger partial charge on any atom is -0.454 e. The standard InChI is InChI=1S/C26H34O5/c1-19-25(27)22(26(31-19)28-17-21-11-7-5-8-12-21)13-9-4-2-3-6-10-20-14-15-23-24(16-20)30-18-29-23/h5,7-8,11-12,14-16,19,22,25-27H,2-4,6,9-10,13,17-18H2,1H3/t19-,22-,25-,26-/m0/s1. The first kappa shape index (κ1) is 22.1. The van der Waals surface area contributed by atoms with Crippen molar-refractivity contribution in [3.63, 3.8) is 0 Å². The molecule has 31 heavy (non-hydrogen) atoms. The molecule has 2 aliphatic heterocycles. The number of hydrogen-bond acceptors (Lipinski definition) is 5. The van der Waals surface area contributed by atoms with Crippen LogP contribution in [0.3, 0.4) is 0 Å². The third-order valence-corrected chi connectivity index (χ3v) is 6.31. The van der Waals surface area contributed by atoms with Crippen LogP contribution in [0, 0.1) is 5.92 Å². The Morgan fingerprint density at radius 2 is 1.68 bits per heavy atom. The summed E-state index contributed by atoms with van der Waals surface area (Å²) in [4.78, 5) is 0. The average molecular weight is 427 g/mol. The molecule has 0 spiro atoms. The SMILES string of the molecule is C[C@@H]1O[C@H](OCc2ccccc2)[C@@H](CCCCCCCc2ccc3c(c2)OCO3)[C@H]1O. The number of unbranched alkanes of at least 4 members (excludes halogenated alkanes) is 4. The monoisotopic (exact) mass is 426 g/mol. The zero-order valence-electron chi connectivity index (χ0n) is 18.4. The van der Waals surface area contributed by atoms with Crippen molar-refractivity contribution in [1.82, 2.24) is 0 Å². The van der Waals surface area contributed by atoms with E-state index in [4.69, 9.17) is 18.9 Å². The number of fused-ring (bicyclic) bond motifs is 1. The number of hydrogen-bond donors (Lipinski definition) is 1. The third kappa shape index (κ3) is 6.00. The minimum absolute atomic E-state index is 0.0485. The first-order valence-corrected chi connectivity index (χ1v) is 11.6.